The van der Waals surface area contributed by atoms with Crippen LogP contribution in [0.4, 0.5) is 5.69 Å². The van der Waals surface area contributed by atoms with Crippen molar-refractivity contribution < 1.29 is 18.3 Å². The average molecular weight is 590 g/mol. The van der Waals surface area contributed by atoms with Gasteiger partial charge in [-0.25, -0.2) is 22.9 Å². The Morgan fingerprint density at radius 3 is 2.41 bits per heavy atom. The van der Waals surface area contributed by atoms with E-state index in [2.05, 4.69) is 51.4 Å². The van der Waals surface area contributed by atoms with E-state index in [-0.39, 0.29) is 17.0 Å². The number of aromatic carboxylic acids is 1. The monoisotopic (exact) mass is 589 g/mol. The Morgan fingerprint density at radius 2 is 1.68 bits per heavy atom. The summed E-state index contributed by atoms with van der Waals surface area (Å²) >= 11 is 1.48. The van der Waals surface area contributed by atoms with Crippen LogP contribution in [0.5, 0.6) is 0 Å². The molecule has 41 heavy (non-hydrogen) atoms. The van der Waals surface area contributed by atoms with Gasteiger partial charge in [0.05, 0.1) is 21.2 Å². The molecule has 1 fully saturated rings. The molecule has 3 aromatic carbocycles. The molecule has 9 heteroatoms. The van der Waals surface area contributed by atoms with E-state index in [4.69, 9.17) is 5.11 Å². The summed E-state index contributed by atoms with van der Waals surface area (Å²) in [5.41, 5.74) is 5.68. The number of aromatic nitrogens is 1. The van der Waals surface area contributed by atoms with Gasteiger partial charge in [0.25, 0.3) is 0 Å². The predicted molar refractivity (Wildman–Crippen MR) is 164 cm³/mol. The van der Waals surface area contributed by atoms with E-state index in [0.29, 0.717) is 6.42 Å². The number of nitrogens with one attached hydrogen (secondary N) is 2. The fraction of sp³-hybridized carbons (Fsp3) is 0.312. The van der Waals surface area contributed by atoms with Gasteiger partial charge in [-0.15, -0.1) is 11.3 Å². The van der Waals surface area contributed by atoms with Crippen LogP contribution in [0.25, 0.3) is 11.3 Å². The zero-order valence-corrected chi connectivity index (χ0v) is 24.5. The third-order valence-corrected chi connectivity index (χ3v) is 9.92. The molecule has 4 aromatic rings. The Balaban J connectivity index is 1.08. The fourth-order valence-electron chi connectivity index (χ4n) is 5.23. The highest BCUT2D eigenvalue weighted by Gasteiger charge is 2.17. The molecule has 1 aliphatic rings. The van der Waals surface area contributed by atoms with Gasteiger partial charge in [-0.05, 0) is 66.6 Å². The highest BCUT2D eigenvalue weighted by molar-refractivity contribution is 7.89. The van der Waals surface area contributed by atoms with Crippen molar-refractivity contribution in [1.29, 1.82) is 0 Å². The smallest absolute Gasteiger partial charge is 0.335 e. The second kappa shape index (κ2) is 13.4. The van der Waals surface area contributed by atoms with Crippen molar-refractivity contribution in [1.82, 2.24) is 9.71 Å². The zero-order valence-electron chi connectivity index (χ0n) is 22.9. The van der Waals surface area contributed by atoms with Crippen LogP contribution < -0.4 is 10.0 Å². The summed E-state index contributed by atoms with van der Waals surface area (Å²) in [6.07, 6.45) is 8.16. The normalized spacial score (nSPS) is 14.1. The average Bonchev–Trinajstić information content (AvgIpc) is 3.47. The van der Waals surface area contributed by atoms with Crippen molar-refractivity contribution in [2.45, 2.75) is 55.8 Å². The van der Waals surface area contributed by atoms with Gasteiger partial charge in [0.1, 0.15) is 0 Å². The van der Waals surface area contributed by atoms with Crippen molar-refractivity contribution >= 4 is 33.0 Å². The molecule has 0 bridgehead atoms. The summed E-state index contributed by atoms with van der Waals surface area (Å²) in [5.74, 6) is -0.428. The second-order valence-electron chi connectivity index (χ2n) is 10.4. The van der Waals surface area contributed by atoms with Crippen LogP contribution in [-0.2, 0) is 22.9 Å². The van der Waals surface area contributed by atoms with Gasteiger partial charge in [-0.2, -0.15) is 0 Å². The van der Waals surface area contributed by atoms with Gasteiger partial charge in [-0.3, -0.25) is 0 Å². The Bertz CT molecular complexity index is 1560. The lowest BCUT2D eigenvalue weighted by atomic mass is 9.84. The predicted octanol–water partition coefficient (Wildman–Crippen LogP) is 6.73. The summed E-state index contributed by atoms with van der Waals surface area (Å²) in [5, 5.41) is 15.4. The number of thiazole rings is 1. The van der Waals surface area contributed by atoms with Gasteiger partial charge < -0.3 is 10.4 Å². The number of nitrogens with zero attached hydrogens (tertiary/aromatic N) is 1. The van der Waals surface area contributed by atoms with Crippen LogP contribution >= 0.6 is 11.3 Å². The number of hydrogen-bond acceptors (Lipinski definition) is 6. The number of hydrogen-bond donors (Lipinski definition) is 3. The SMILES string of the molecule is O=C(O)c1cccc(S(=O)(=O)NCCc2nc(-c3ccc(NCCc4ccc(C5CCCCC5)cc4)cc3)cs2)c1. The summed E-state index contributed by atoms with van der Waals surface area (Å²) in [6, 6.07) is 22.7. The van der Waals surface area contributed by atoms with E-state index in [0.717, 1.165) is 46.9 Å². The number of carboxylic acids is 1. The molecule has 1 aliphatic carbocycles. The lowest BCUT2D eigenvalue weighted by molar-refractivity contribution is 0.0696. The Kier molecular flexibility index (Phi) is 9.49. The zero-order chi connectivity index (χ0) is 28.7. The fourth-order valence-corrected chi connectivity index (χ4v) is 7.12. The number of carboxylic acid groups (broad SMARTS) is 1. The summed E-state index contributed by atoms with van der Waals surface area (Å²) in [7, 11) is -3.81. The van der Waals surface area contributed by atoms with E-state index in [1.54, 1.807) is 0 Å². The maximum absolute atomic E-state index is 12.6. The molecule has 214 valence electrons. The molecule has 0 radical (unpaired) electrons. The Hall–Kier alpha value is -3.53. The maximum atomic E-state index is 12.6. The molecule has 0 aliphatic heterocycles. The molecule has 5 rings (SSSR count). The minimum absolute atomic E-state index is 0.0708. The van der Waals surface area contributed by atoms with Crippen LogP contribution in [0.1, 0.15) is 64.5 Å². The topological polar surface area (TPSA) is 108 Å². The molecule has 7 nitrogen and oxygen atoms in total. The maximum Gasteiger partial charge on any atom is 0.335 e. The standard InChI is InChI=1S/C32H35N3O4S2/c36-32(37)27-7-4-8-29(21-27)41(38,39)34-20-18-31-35-30(22-40-31)26-13-15-28(16-14-26)33-19-17-23-9-11-25(12-10-23)24-5-2-1-3-6-24/h4,7-16,21-22,24,33-34H,1-3,5-6,17-20H2,(H,36,37). The number of carbonyl (C=O) groups is 1. The Labute approximate surface area is 245 Å². The van der Waals surface area contributed by atoms with Gasteiger partial charge in [-0.1, -0.05) is 61.7 Å². The first-order chi connectivity index (χ1) is 19.9. The molecule has 1 aromatic heterocycles. The summed E-state index contributed by atoms with van der Waals surface area (Å²) < 4.78 is 27.6. The molecular formula is C32H35N3O4S2. The number of rotatable bonds is 12. The molecule has 0 spiro atoms. The van der Waals surface area contributed by atoms with Crippen molar-refractivity contribution in [3.05, 3.63) is 99.9 Å². The van der Waals surface area contributed by atoms with Crippen LogP contribution in [0.2, 0.25) is 0 Å². The number of anilines is 1. The van der Waals surface area contributed by atoms with Crippen molar-refractivity contribution in [3.63, 3.8) is 0 Å². The number of benzene rings is 3. The van der Waals surface area contributed by atoms with E-state index >= 15 is 0 Å². The van der Waals surface area contributed by atoms with E-state index in [9.17, 15) is 13.2 Å². The van der Waals surface area contributed by atoms with Crippen LogP contribution in [-0.4, -0.2) is 37.6 Å². The first-order valence-electron chi connectivity index (χ1n) is 14.1. The Morgan fingerprint density at radius 1 is 0.927 bits per heavy atom. The van der Waals surface area contributed by atoms with Gasteiger partial charge in [0.2, 0.25) is 10.0 Å². The van der Waals surface area contributed by atoms with Crippen molar-refractivity contribution in [3.8, 4) is 11.3 Å². The van der Waals surface area contributed by atoms with Gasteiger partial charge >= 0.3 is 5.97 Å². The molecule has 3 N–H and O–H groups in total. The molecule has 1 heterocycles. The van der Waals surface area contributed by atoms with Crippen LogP contribution in [0.3, 0.4) is 0 Å². The lowest BCUT2D eigenvalue weighted by Crippen LogP contribution is -2.26. The molecule has 0 saturated heterocycles. The minimum Gasteiger partial charge on any atom is -0.478 e. The molecule has 0 atom stereocenters. The van der Waals surface area contributed by atoms with Gasteiger partial charge in [0, 0.05) is 36.1 Å². The molecule has 0 unspecified atom stereocenters. The largest absolute Gasteiger partial charge is 0.478 e. The van der Waals surface area contributed by atoms with Crippen LogP contribution in [0, 0.1) is 0 Å². The summed E-state index contributed by atoms with van der Waals surface area (Å²) in [4.78, 5) is 15.7. The van der Waals surface area contributed by atoms with E-state index in [1.807, 2.05) is 17.5 Å². The third-order valence-electron chi connectivity index (χ3n) is 7.55. The first-order valence-corrected chi connectivity index (χ1v) is 16.4. The quantitative estimate of drug-likeness (QED) is 0.169. The molecule has 0 amide bonds. The molecular weight excluding hydrogens is 555 g/mol. The number of sulfonamides is 1. The minimum atomic E-state index is -3.81. The highest BCUT2D eigenvalue weighted by Crippen LogP contribution is 2.32. The summed E-state index contributed by atoms with van der Waals surface area (Å²) in [6.45, 7) is 1.03. The first kappa shape index (κ1) is 29.0. The van der Waals surface area contributed by atoms with Gasteiger partial charge in [0.15, 0.2) is 0 Å². The molecule has 1 saturated carbocycles. The van der Waals surface area contributed by atoms with Crippen molar-refractivity contribution in [2.24, 2.45) is 0 Å². The third kappa shape index (κ3) is 7.81. The second-order valence-corrected chi connectivity index (χ2v) is 13.1. The van der Waals surface area contributed by atoms with E-state index < -0.39 is 16.0 Å². The van der Waals surface area contributed by atoms with E-state index in [1.165, 1.54) is 72.8 Å². The van der Waals surface area contributed by atoms with Crippen LogP contribution in [0.15, 0.2) is 83.1 Å². The van der Waals surface area contributed by atoms with Crippen molar-refractivity contribution in [2.75, 3.05) is 18.4 Å². The lowest BCUT2D eigenvalue weighted by Gasteiger charge is -2.22. The highest BCUT2D eigenvalue weighted by atomic mass is 32.2.